The molecule has 0 aromatic heterocycles. The monoisotopic (exact) mass is 336 g/mol. The average molecular weight is 337 g/mol. The van der Waals surface area contributed by atoms with Gasteiger partial charge in [0.05, 0.1) is 12.2 Å². The van der Waals surface area contributed by atoms with Crippen LogP contribution in [0.25, 0.3) is 0 Å². The van der Waals surface area contributed by atoms with Gasteiger partial charge < -0.3 is 9.84 Å². The highest BCUT2D eigenvalue weighted by Crippen LogP contribution is 2.35. The topological polar surface area (TPSA) is 29.5 Å². The Labute approximate surface area is 150 Å². The molecule has 24 heavy (non-hydrogen) atoms. The molecule has 0 heterocycles. The molecule has 0 amide bonds. The molecule has 0 aromatic carbocycles. The third-order valence-corrected chi connectivity index (χ3v) is 5.62. The maximum absolute atomic E-state index is 10.3. The number of aliphatic hydroxyl groups excluding tert-OH is 1. The van der Waals surface area contributed by atoms with E-state index < -0.39 is 0 Å². The van der Waals surface area contributed by atoms with Crippen molar-refractivity contribution < 1.29 is 9.84 Å². The summed E-state index contributed by atoms with van der Waals surface area (Å²) in [7, 11) is 0. The van der Waals surface area contributed by atoms with Crippen LogP contribution < -0.4 is 0 Å². The SMILES string of the molecule is C=C(C)CCCC(C)CCC1=CC(O)C(C)C(C)C1OCCCC. The quantitative estimate of drug-likeness (QED) is 0.375. The zero-order chi connectivity index (χ0) is 18.1. The van der Waals surface area contributed by atoms with Crippen LogP contribution in [0.1, 0.15) is 79.6 Å². The molecule has 0 aliphatic heterocycles. The highest BCUT2D eigenvalue weighted by atomic mass is 16.5. The van der Waals surface area contributed by atoms with Crippen LogP contribution >= 0.6 is 0 Å². The van der Waals surface area contributed by atoms with E-state index >= 15 is 0 Å². The summed E-state index contributed by atoms with van der Waals surface area (Å²) in [6.07, 6.45) is 10.1. The van der Waals surface area contributed by atoms with Gasteiger partial charge >= 0.3 is 0 Å². The van der Waals surface area contributed by atoms with Crippen molar-refractivity contribution in [3.63, 3.8) is 0 Å². The fourth-order valence-electron chi connectivity index (χ4n) is 3.54. The average Bonchev–Trinajstić information content (AvgIpc) is 2.53. The summed E-state index contributed by atoms with van der Waals surface area (Å²) in [5, 5.41) is 10.3. The molecule has 1 aliphatic carbocycles. The highest BCUT2D eigenvalue weighted by molar-refractivity contribution is 5.18. The predicted octanol–water partition coefficient (Wildman–Crippen LogP) is 5.91. The summed E-state index contributed by atoms with van der Waals surface area (Å²) in [5.74, 6) is 1.37. The lowest BCUT2D eigenvalue weighted by atomic mass is 9.76. The summed E-state index contributed by atoms with van der Waals surface area (Å²) in [6.45, 7) is 15.8. The van der Waals surface area contributed by atoms with Crippen LogP contribution in [-0.4, -0.2) is 23.9 Å². The summed E-state index contributed by atoms with van der Waals surface area (Å²) in [4.78, 5) is 0. The molecule has 0 fully saturated rings. The van der Waals surface area contributed by atoms with Gasteiger partial charge in [-0.3, -0.25) is 0 Å². The van der Waals surface area contributed by atoms with E-state index in [-0.39, 0.29) is 18.1 Å². The second-order valence-corrected chi connectivity index (χ2v) is 8.09. The van der Waals surface area contributed by atoms with Gasteiger partial charge in [0.1, 0.15) is 0 Å². The molecule has 0 saturated carbocycles. The Bertz CT molecular complexity index is 399. The molecule has 1 aliphatic rings. The summed E-state index contributed by atoms with van der Waals surface area (Å²) in [5.41, 5.74) is 2.61. The normalized spacial score (nSPS) is 28.5. The maximum Gasteiger partial charge on any atom is 0.0815 e. The van der Waals surface area contributed by atoms with Gasteiger partial charge in [-0.25, -0.2) is 0 Å². The van der Waals surface area contributed by atoms with E-state index in [2.05, 4.69) is 47.3 Å². The number of aliphatic hydroxyl groups is 1. The molecule has 0 radical (unpaired) electrons. The van der Waals surface area contributed by atoms with Gasteiger partial charge in [0.25, 0.3) is 0 Å². The Morgan fingerprint density at radius 3 is 2.58 bits per heavy atom. The van der Waals surface area contributed by atoms with E-state index in [0.717, 1.165) is 32.3 Å². The van der Waals surface area contributed by atoms with Gasteiger partial charge in [0.15, 0.2) is 0 Å². The smallest absolute Gasteiger partial charge is 0.0815 e. The zero-order valence-electron chi connectivity index (χ0n) is 16.7. The Morgan fingerprint density at radius 2 is 1.96 bits per heavy atom. The van der Waals surface area contributed by atoms with Crippen molar-refractivity contribution in [3.8, 4) is 0 Å². The third kappa shape index (κ3) is 7.11. The van der Waals surface area contributed by atoms with Crippen LogP contribution in [0.5, 0.6) is 0 Å². The number of ether oxygens (including phenoxy) is 1. The minimum Gasteiger partial charge on any atom is -0.389 e. The number of hydrogen-bond donors (Lipinski definition) is 1. The molecule has 5 unspecified atom stereocenters. The largest absolute Gasteiger partial charge is 0.389 e. The van der Waals surface area contributed by atoms with Crippen LogP contribution in [-0.2, 0) is 4.74 Å². The van der Waals surface area contributed by atoms with Gasteiger partial charge in [-0.05, 0) is 62.4 Å². The minimum atomic E-state index is -0.320. The van der Waals surface area contributed by atoms with Crippen LogP contribution in [0.3, 0.4) is 0 Å². The fourth-order valence-corrected chi connectivity index (χ4v) is 3.54. The number of unbranched alkanes of at least 4 members (excludes halogenated alkanes) is 1. The zero-order valence-corrected chi connectivity index (χ0v) is 16.7. The van der Waals surface area contributed by atoms with Gasteiger partial charge in [-0.2, -0.15) is 0 Å². The van der Waals surface area contributed by atoms with Crippen molar-refractivity contribution in [1.82, 2.24) is 0 Å². The second-order valence-electron chi connectivity index (χ2n) is 8.09. The molecule has 140 valence electrons. The second kappa shape index (κ2) is 11.1. The molecular formula is C22H40O2. The van der Waals surface area contributed by atoms with Crippen LogP contribution in [0.15, 0.2) is 23.8 Å². The summed E-state index contributed by atoms with van der Waals surface area (Å²) < 4.78 is 6.22. The molecule has 0 bridgehead atoms. The molecular weight excluding hydrogens is 296 g/mol. The summed E-state index contributed by atoms with van der Waals surface area (Å²) >= 11 is 0. The first-order valence-corrected chi connectivity index (χ1v) is 10.0. The summed E-state index contributed by atoms with van der Waals surface area (Å²) in [6, 6.07) is 0. The molecule has 1 N–H and O–H groups in total. The van der Waals surface area contributed by atoms with Crippen LogP contribution in [0.2, 0.25) is 0 Å². The van der Waals surface area contributed by atoms with Crippen molar-refractivity contribution >= 4 is 0 Å². The van der Waals surface area contributed by atoms with Crippen molar-refractivity contribution in [1.29, 1.82) is 0 Å². The fraction of sp³-hybridized carbons (Fsp3) is 0.818. The van der Waals surface area contributed by atoms with Gasteiger partial charge in [-0.15, -0.1) is 6.58 Å². The maximum atomic E-state index is 10.3. The van der Waals surface area contributed by atoms with E-state index in [1.807, 2.05) is 0 Å². The Morgan fingerprint density at radius 1 is 1.25 bits per heavy atom. The van der Waals surface area contributed by atoms with Crippen molar-refractivity contribution in [3.05, 3.63) is 23.8 Å². The molecule has 2 nitrogen and oxygen atoms in total. The Balaban J connectivity index is 2.56. The number of rotatable bonds is 11. The number of allylic oxidation sites excluding steroid dienone is 1. The Hall–Kier alpha value is -0.600. The van der Waals surface area contributed by atoms with E-state index in [0.29, 0.717) is 11.8 Å². The lowest BCUT2D eigenvalue weighted by Crippen LogP contribution is -2.39. The third-order valence-electron chi connectivity index (χ3n) is 5.62. The first kappa shape index (κ1) is 21.4. The lowest BCUT2D eigenvalue weighted by Gasteiger charge is -2.37. The predicted molar refractivity (Wildman–Crippen MR) is 104 cm³/mol. The van der Waals surface area contributed by atoms with Gasteiger partial charge in [0.2, 0.25) is 0 Å². The number of hydrogen-bond acceptors (Lipinski definition) is 2. The molecule has 0 spiro atoms. The van der Waals surface area contributed by atoms with E-state index in [9.17, 15) is 5.11 Å². The first-order chi connectivity index (χ1) is 11.4. The van der Waals surface area contributed by atoms with Crippen molar-refractivity contribution in [2.24, 2.45) is 17.8 Å². The van der Waals surface area contributed by atoms with Crippen molar-refractivity contribution in [2.75, 3.05) is 6.61 Å². The highest BCUT2D eigenvalue weighted by Gasteiger charge is 2.34. The molecule has 0 saturated heterocycles. The van der Waals surface area contributed by atoms with E-state index in [1.54, 1.807) is 0 Å². The van der Waals surface area contributed by atoms with Crippen LogP contribution in [0.4, 0.5) is 0 Å². The molecule has 1 rings (SSSR count). The van der Waals surface area contributed by atoms with E-state index in [1.165, 1.54) is 30.4 Å². The Kier molecular flexibility index (Phi) is 9.92. The van der Waals surface area contributed by atoms with Crippen molar-refractivity contribution in [2.45, 2.75) is 91.8 Å². The minimum absolute atomic E-state index is 0.192. The molecule has 0 aromatic rings. The first-order valence-electron chi connectivity index (χ1n) is 10.0. The molecule has 2 heteroatoms. The molecule has 5 atom stereocenters. The van der Waals surface area contributed by atoms with Gasteiger partial charge in [0, 0.05) is 6.61 Å². The lowest BCUT2D eigenvalue weighted by molar-refractivity contribution is -0.0123. The van der Waals surface area contributed by atoms with Gasteiger partial charge in [-0.1, -0.05) is 52.2 Å². The standard InChI is InChI=1S/C22H40O2/c1-7-8-14-24-22-19(6)18(5)21(23)15-20(22)13-12-17(4)11-9-10-16(2)3/h15,17-19,21-23H,2,7-14H2,1,3-6H3. The van der Waals surface area contributed by atoms with Crippen LogP contribution in [0, 0.1) is 17.8 Å². The van der Waals surface area contributed by atoms with E-state index in [4.69, 9.17) is 4.74 Å².